The normalized spacial score (nSPS) is 18.3. The lowest BCUT2D eigenvalue weighted by Gasteiger charge is -2.49. The molecule has 1 aromatic carbocycles. The summed E-state index contributed by atoms with van der Waals surface area (Å²) in [6.07, 6.45) is 2.01. The number of nitrogens with one attached hydrogen (secondary N) is 1. The molecule has 1 aliphatic heterocycles. The van der Waals surface area contributed by atoms with E-state index in [-0.39, 0.29) is 22.4 Å². The van der Waals surface area contributed by atoms with Crippen LogP contribution in [0.15, 0.2) is 41.2 Å². The minimum Gasteiger partial charge on any atom is -0.507 e. The summed E-state index contributed by atoms with van der Waals surface area (Å²) in [5.74, 6) is 0.863. The third-order valence-corrected chi connectivity index (χ3v) is 6.24. The Morgan fingerprint density at radius 3 is 2.29 bits per heavy atom. The number of fused-ring (bicyclic) bond motifs is 1. The van der Waals surface area contributed by atoms with Crippen molar-refractivity contribution in [1.29, 1.82) is 0 Å². The van der Waals surface area contributed by atoms with E-state index in [2.05, 4.69) is 55.2 Å². The third-order valence-electron chi connectivity index (χ3n) is 6.24. The maximum absolute atomic E-state index is 12.2. The first-order valence-corrected chi connectivity index (χ1v) is 10.7. The number of anilines is 1. The maximum atomic E-state index is 12.2. The van der Waals surface area contributed by atoms with Gasteiger partial charge in [0, 0.05) is 37.3 Å². The number of aromatic nitrogens is 3. The predicted molar refractivity (Wildman–Crippen MR) is 125 cm³/mol. The van der Waals surface area contributed by atoms with Crippen LogP contribution in [0.25, 0.3) is 22.2 Å². The van der Waals surface area contributed by atoms with Gasteiger partial charge in [0.2, 0.25) is 0 Å². The monoisotopic (exact) mass is 421 g/mol. The van der Waals surface area contributed by atoms with E-state index in [0.29, 0.717) is 22.8 Å². The van der Waals surface area contributed by atoms with Crippen LogP contribution in [0.2, 0.25) is 0 Å². The molecule has 7 nitrogen and oxygen atoms in total. The molecule has 0 atom stereocenters. The van der Waals surface area contributed by atoms with E-state index in [1.54, 1.807) is 25.2 Å². The molecule has 0 bridgehead atoms. The molecule has 0 unspecified atom stereocenters. The average Bonchev–Trinajstić information content (AvgIpc) is 2.68. The van der Waals surface area contributed by atoms with Gasteiger partial charge in [0.05, 0.1) is 16.8 Å². The molecular formula is C24H31N5O2. The first kappa shape index (κ1) is 21.3. The molecule has 0 radical (unpaired) electrons. The molecule has 1 fully saturated rings. The van der Waals surface area contributed by atoms with Gasteiger partial charge in [0.25, 0.3) is 5.56 Å². The van der Waals surface area contributed by atoms with Crippen molar-refractivity contribution in [2.75, 3.05) is 11.9 Å². The number of benzene rings is 1. The molecule has 0 spiro atoms. The Morgan fingerprint density at radius 1 is 1.03 bits per heavy atom. The Morgan fingerprint density at radius 2 is 1.68 bits per heavy atom. The van der Waals surface area contributed by atoms with Crippen LogP contribution in [0, 0.1) is 0 Å². The number of aromatic hydroxyl groups is 1. The first-order chi connectivity index (χ1) is 14.5. The van der Waals surface area contributed by atoms with Gasteiger partial charge in [0.15, 0.2) is 5.82 Å². The smallest absolute Gasteiger partial charge is 0.250 e. The van der Waals surface area contributed by atoms with E-state index >= 15 is 0 Å². The lowest BCUT2D eigenvalue weighted by atomic mass is 9.79. The molecule has 2 N–H and O–H groups in total. The van der Waals surface area contributed by atoms with Crippen molar-refractivity contribution < 1.29 is 5.11 Å². The van der Waals surface area contributed by atoms with E-state index in [4.69, 9.17) is 0 Å². The molecular weight excluding hydrogens is 390 g/mol. The number of hydrogen-bond acceptors (Lipinski definition) is 6. The standard InChI is InChI=1S/C24H31N5O2/c1-23(2)13-16(14-24(3,4)27-23)28(5)19-11-9-17(25-26-19)21-18(30)10-7-15-8-12-20(31)29(6)22(15)21/h7-12,16,27,30H,13-14H2,1-6H3. The summed E-state index contributed by atoms with van der Waals surface area (Å²) in [7, 11) is 3.76. The number of nitrogens with zero attached hydrogens (tertiary/aromatic N) is 4. The summed E-state index contributed by atoms with van der Waals surface area (Å²) in [5, 5.41) is 24.1. The highest BCUT2D eigenvalue weighted by Gasteiger charge is 2.39. The van der Waals surface area contributed by atoms with Gasteiger partial charge >= 0.3 is 0 Å². The molecule has 1 aliphatic rings. The average molecular weight is 422 g/mol. The van der Waals surface area contributed by atoms with Crippen LogP contribution in [0.3, 0.4) is 0 Å². The van der Waals surface area contributed by atoms with Crippen molar-refractivity contribution in [2.24, 2.45) is 7.05 Å². The van der Waals surface area contributed by atoms with Crippen molar-refractivity contribution in [1.82, 2.24) is 20.1 Å². The van der Waals surface area contributed by atoms with Crippen LogP contribution in [-0.2, 0) is 7.05 Å². The number of aryl methyl sites for hydroxylation is 1. The topological polar surface area (TPSA) is 83.3 Å². The second kappa shape index (κ2) is 7.34. The molecule has 3 aromatic rings. The van der Waals surface area contributed by atoms with Crippen LogP contribution in [0.5, 0.6) is 5.75 Å². The molecule has 3 heterocycles. The molecule has 7 heteroatoms. The minimum absolute atomic E-state index is 0.0353. The van der Waals surface area contributed by atoms with Gasteiger partial charge in [-0.25, -0.2) is 0 Å². The number of hydrogen-bond donors (Lipinski definition) is 2. The summed E-state index contributed by atoms with van der Waals surface area (Å²) < 4.78 is 1.53. The predicted octanol–water partition coefficient (Wildman–Crippen LogP) is 3.45. The third kappa shape index (κ3) is 4.02. The van der Waals surface area contributed by atoms with Gasteiger partial charge in [0.1, 0.15) is 5.75 Å². The number of phenolic OH excluding ortho intramolecular Hbond substituents is 1. The van der Waals surface area contributed by atoms with Crippen LogP contribution in [0.1, 0.15) is 40.5 Å². The first-order valence-electron chi connectivity index (χ1n) is 10.7. The summed E-state index contributed by atoms with van der Waals surface area (Å²) in [4.78, 5) is 14.4. The van der Waals surface area contributed by atoms with E-state index in [1.165, 1.54) is 10.6 Å². The molecule has 2 aromatic heterocycles. The van der Waals surface area contributed by atoms with Crippen molar-refractivity contribution in [2.45, 2.75) is 57.7 Å². The zero-order valence-corrected chi connectivity index (χ0v) is 19.1. The van der Waals surface area contributed by atoms with Crippen molar-refractivity contribution in [3.63, 3.8) is 0 Å². The highest BCUT2D eigenvalue weighted by Crippen LogP contribution is 2.36. The number of piperidine rings is 1. The van der Waals surface area contributed by atoms with Crippen LogP contribution in [0.4, 0.5) is 5.82 Å². The van der Waals surface area contributed by atoms with Crippen molar-refractivity contribution in [3.05, 3.63) is 46.8 Å². The number of pyridine rings is 1. The minimum atomic E-state index is -0.139. The summed E-state index contributed by atoms with van der Waals surface area (Å²) in [6, 6.07) is 10.8. The quantitative estimate of drug-likeness (QED) is 0.674. The Balaban J connectivity index is 1.71. The molecule has 4 rings (SSSR count). The lowest BCUT2D eigenvalue weighted by Crippen LogP contribution is -2.62. The molecule has 1 saturated heterocycles. The Labute approximate surface area is 182 Å². The maximum Gasteiger partial charge on any atom is 0.250 e. The van der Waals surface area contributed by atoms with Gasteiger partial charge in [-0.05, 0) is 76.3 Å². The van der Waals surface area contributed by atoms with E-state index in [0.717, 1.165) is 24.0 Å². The molecule has 164 valence electrons. The fourth-order valence-electron chi connectivity index (χ4n) is 5.10. The Kier molecular flexibility index (Phi) is 5.04. The lowest BCUT2D eigenvalue weighted by molar-refractivity contribution is 0.160. The number of rotatable bonds is 3. The van der Waals surface area contributed by atoms with E-state index < -0.39 is 0 Å². The van der Waals surface area contributed by atoms with Gasteiger partial charge in [-0.15, -0.1) is 10.2 Å². The molecule has 0 aliphatic carbocycles. The second-order valence-electron chi connectivity index (χ2n) is 9.97. The molecule has 0 amide bonds. The second-order valence-corrected chi connectivity index (χ2v) is 9.97. The fourth-order valence-corrected chi connectivity index (χ4v) is 5.10. The van der Waals surface area contributed by atoms with E-state index in [9.17, 15) is 9.90 Å². The van der Waals surface area contributed by atoms with Gasteiger partial charge in [-0.1, -0.05) is 0 Å². The molecule has 0 saturated carbocycles. The Bertz CT molecular complexity index is 1170. The number of phenols is 1. The fraction of sp³-hybridized carbons (Fsp3) is 0.458. The van der Waals surface area contributed by atoms with Gasteiger partial charge in [-0.3, -0.25) is 4.79 Å². The van der Waals surface area contributed by atoms with Gasteiger partial charge in [-0.2, -0.15) is 0 Å². The highest BCUT2D eigenvalue weighted by atomic mass is 16.3. The zero-order chi connectivity index (χ0) is 22.6. The summed E-state index contributed by atoms with van der Waals surface area (Å²) in [6.45, 7) is 8.93. The Hall–Kier alpha value is -2.93. The van der Waals surface area contributed by atoms with Crippen molar-refractivity contribution in [3.8, 4) is 17.0 Å². The highest BCUT2D eigenvalue weighted by molar-refractivity contribution is 5.96. The largest absolute Gasteiger partial charge is 0.507 e. The SMILES string of the molecule is CN(c1ccc(-c2c(O)ccc3ccc(=O)n(C)c23)nn1)C1CC(C)(C)NC(C)(C)C1. The van der Waals surface area contributed by atoms with Gasteiger partial charge < -0.3 is 19.9 Å². The summed E-state index contributed by atoms with van der Waals surface area (Å²) >= 11 is 0. The zero-order valence-electron chi connectivity index (χ0n) is 19.1. The van der Waals surface area contributed by atoms with E-state index in [1.807, 2.05) is 12.1 Å². The van der Waals surface area contributed by atoms with Crippen molar-refractivity contribution >= 4 is 16.7 Å². The molecule has 31 heavy (non-hydrogen) atoms. The van der Waals surface area contributed by atoms with Crippen LogP contribution >= 0.6 is 0 Å². The van der Waals surface area contributed by atoms with Crippen LogP contribution in [-0.4, -0.2) is 44.0 Å². The van der Waals surface area contributed by atoms with Crippen LogP contribution < -0.4 is 15.8 Å². The summed E-state index contributed by atoms with van der Waals surface area (Å²) in [5.41, 5.74) is 1.63.